The fourth-order valence-electron chi connectivity index (χ4n) is 2.16. The van der Waals surface area contributed by atoms with Crippen molar-refractivity contribution in [3.05, 3.63) is 53.3 Å². The number of nitrogens with zero attached hydrogens (tertiary/aromatic N) is 2. The first-order valence-electron chi connectivity index (χ1n) is 7.09. The van der Waals surface area contributed by atoms with Gasteiger partial charge in [0.05, 0.1) is 18.5 Å². The maximum atomic E-state index is 11.9. The number of ether oxygens (including phenoxy) is 1. The van der Waals surface area contributed by atoms with Gasteiger partial charge in [-0.25, -0.2) is 4.79 Å². The fraction of sp³-hybridized carbons (Fsp3) is 0.375. The maximum absolute atomic E-state index is 11.9. The van der Waals surface area contributed by atoms with E-state index in [1.54, 1.807) is 17.8 Å². The minimum atomic E-state index is -0.324. The molecule has 2 rings (SSSR count). The third-order valence-electron chi connectivity index (χ3n) is 3.43. The van der Waals surface area contributed by atoms with E-state index in [0.717, 1.165) is 5.69 Å². The molecule has 5 heteroatoms. The number of benzene rings is 1. The van der Waals surface area contributed by atoms with Crippen LogP contribution < -0.4 is 5.32 Å². The summed E-state index contributed by atoms with van der Waals surface area (Å²) in [4.78, 5) is 11.9. The number of aryl methyl sites for hydroxylation is 1. The Hall–Kier alpha value is -2.14. The Bertz CT molecular complexity index is 593. The van der Waals surface area contributed by atoms with Crippen LogP contribution in [-0.2, 0) is 18.3 Å². The molecule has 0 radical (unpaired) electrons. The van der Waals surface area contributed by atoms with Crippen molar-refractivity contribution < 1.29 is 9.53 Å². The van der Waals surface area contributed by atoms with E-state index in [2.05, 4.69) is 29.5 Å². The standard InChI is InChI=1S/C16H21N3O2/c1-4-21-16(20)14-10-18-19(3)15(14)11-17-12(2)13-8-6-5-7-9-13/h5-10,12,17H,4,11H2,1-3H3/t12-/m1/s1. The van der Waals surface area contributed by atoms with E-state index in [1.807, 2.05) is 25.2 Å². The van der Waals surface area contributed by atoms with E-state index in [1.165, 1.54) is 5.56 Å². The first-order chi connectivity index (χ1) is 10.1. The zero-order chi connectivity index (χ0) is 15.2. The van der Waals surface area contributed by atoms with E-state index in [-0.39, 0.29) is 12.0 Å². The van der Waals surface area contributed by atoms with Crippen molar-refractivity contribution in [3.63, 3.8) is 0 Å². The Morgan fingerprint density at radius 2 is 2.10 bits per heavy atom. The van der Waals surface area contributed by atoms with Gasteiger partial charge in [0, 0.05) is 19.6 Å². The van der Waals surface area contributed by atoms with Gasteiger partial charge in [-0.05, 0) is 19.4 Å². The summed E-state index contributed by atoms with van der Waals surface area (Å²) in [6, 6.07) is 10.4. The number of esters is 1. The highest BCUT2D eigenvalue weighted by Gasteiger charge is 2.17. The van der Waals surface area contributed by atoms with Crippen LogP contribution in [0.4, 0.5) is 0 Å². The molecule has 1 N–H and O–H groups in total. The second kappa shape index (κ2) is 7.04. The molecule has 21 heavy (non-hydrogen) atoms. The molecular weight excluding hydrogens is 266 g/mol. The molecule has 0 spiro atoms. The van der Waals surface area contributed by atoms with Gasteiger partial charge < -0.3 is 10.1 Å². The van der Waals surface area contributed by atoms with Crippen LogP contribution in [0, 0.1) is 0 Å². The van der Waals surface area contributed by atoms with Crippen LogP contribution in [0.25, 0.3) is 0 Å². The lowest BCUT2D eigenvalue weighted by Gasteiger charge is -2.15. The average Bonchev–Trinajstić information content (AvgIpc) is 2.87. The van der Waals surface area contributed by atoms with Gasteiger partial charge in [0.25, 0.3) is 0 Å². The smallest absolute Gasteiger partial charge is 0.341 e. The number of carbonyl (C=O) groups excluding carboxylic acids is 1. The quantitative estimate of drug-likeness (QED) is 0.829. The zero-order valence-corrected chi connectivity index (χ0v) is 12.7. The molecule has 0 aliphatic rings. The van der Waals surface area contributed by atoms with Crippen molar-refractivity contribution in [1.82, 2.24) is 15.1 Å². The van der Waals surface area contributed by atoms with Crippen molar-refractivity contribution >= 4 is 5.97 Å². The van der Waals surface area contributed by atoms with Crippen LogP contribution in [-0.4, -0.2) is 22.4 Å². The number of rotatable bonds is 6. The molecule has 2 aromatic rings. The first kappa shape index (κ1) is 15.3. The van der Waals surface area contributed by atoms with Gasteiger partial charge in [-0.1, -0.05) is 30.3 Å². The van der Waals surface area contributed by atoms with Crippen molar-refractivity contribution in [1.29, 1.82) is 0 Å². The largest absolute Gasteiger partial charge is 0.462 e. The molecule has 0 saturated heterocycles. The minimum absolute atomic E-state index is 0.191. The first-order valence-corrected chi connectivity index (χ1v) is 7.09. The highest BCUT2D eigenvalue weighted by molar-refractivity contribution is 5.90. The molecule has 5 nitrogen and oxygen atoms in total. The van der Waals surface area contributed by atoms with Crippen LogP contribution in [0.3, 0.4) is 0 Å². The summed E-state index contributed by atoms with van der Waals surface area (Å²) in [7, 11) is 1.83. The molecule has 0 aliphatic heterocycles. The monoisotopic (exact) mass is 287 g/mol. The summed E-state index contributed by atoms with van der Waals surface area (Å²) in [5.41, 5.74) is 2.56. The molecule has 0 amide bonds. The van der Waals surface area contributed by atoms with Crippen LogP contribution in [0.15, 0.2) is 36.5 Å². The second-order valence-electron chi connectivity index (χ2n) is 4.86. The van der Waals surface area contributed by atoms with Gasteiger partial charge in [-0.3, -0.25) is 4.68 Å². The Kier molecular flexibility index (Phi) is 5.11. The highest BCUT2D eigenvalue weighted by Crippen LogP contribution is 2.14. The topological polar surface area (TPSA) is 56.1 Å². The Labute approximate surface area is 124 Å². The normalized spacial score (nSPS) is 12.1. The predicted octanol–water partition coefficient (Wildman–Crippen LogP) is 2.45. The second-order valence-corrected chi connectivity index (χ2v) is 4.86. The number of hydrogen-bond acceptors (Lipinski definition) is 4. The van der Waals surface area contributed by atoms with Crippen molar-refractivity contribution in [2.75, 3.05) is 6.61 Å². The molecule has 0 fully saturated rings. The van der Waals surface area contributed by atoms with Gasteiger partial charge in [-0.15, -0.1) is 0 Å². The summed E-state index contributed by atoms with van der Waals surface area (Å²) < 4.78 is 6.76. The van der Waals surface area contributed by atoms with E-state index in [9.17, 15) is 4.79 Å². The Morgan fingerprint density at radius 1 is 1.38 bits per heavy atom. The molecule has 0 unspecified atom stereocenters. The summed E-state index contributed by atoms with van der Waals surface area (Å²) in [6.07, 6.45) is 1.56. The summed E-state index contributed by atoms with van der Waals surface area (Å²) in [6.45, 7) is 4.81. The third-order valence-corrected chi connectivity index (χ3v) is 3.43. The lowest BCUT2D eigenvalue weighted by Crippen LogP contribution is -2.21. The number of aromatic nitrogens is 2. The van der Waals surface area contributed by atoms with Crippen LogP contribution in [0.1, 0.15) is 41.5 Å². The maximum Gasteiger partial charge on any atom is 0.341 e. The molecule has 1 atom stereocenters. The summed E-state index contributed by atoms with van der Waals surface area (Å²) in [5, 5.41) is 7.56. The van der Waals surface area contributed by atoms with E-state index in [0.29, 0.717) is 18.7 Å². The summed E-state index contributed by atoms with van der Waals surface area (Å²) in [5.74, 6) is -0.324. The molecular formula is C16H21N3O2. The highest BCUT2D eigenvalue weighted by atomic mass is 16.5. The average molecular weight is 287 g/mol. The zero-order valence-electron chi connectivity index (χ0n) is 12.7. The van der Waals surface area contributed by atoms with E-state index < -0.39 is 0 Å². The molecule has 1 aromatic heterocycles. The molecule has 112 valence electrons. The van der Waals surface area contributed by atoms with Crippen LogP contribution in [0.5, 0.6) is 0 Å². The fourth-order valence-corrected chi connectivity index (χ4v) is 2.16. The third kappa shape index (κ3) is 3.70. The Morgan fingerprint density at radius 3 is 2.76 bits per heavy atom. The van der Waals surface area contributed by atoms with Gasteiger partial charge in [-0.2, -0.15) is 5.10 Å². The minimum Gasteiger partial charge on any atom is -0.462 e. The van der Waals surface area contributed by atoms with Crippen LogP contribution in [0.2, 0.25) is 0 Å². The van der Waals surface area contributed by atoms with Crippen LogP contribution >= 0.6 is 0 Å². The van der Waals surface area contributed by atoms with Gasteiger partial charge in [0.15, 0.2) is 0 Å². The predicted molar refractivity (Wildman–Crippen MR) is 80.9 cm³/mol. The number of hydrogen-bond donors (Lipinski definition) is 1. The molecule has 0 bridgehead atoms. The van der Waals surface area contributed by atoms with Crippen molar-refractivity contribution in [2.45, 2.75) is 26.4 Å². The van der Waals surface area contributed by atoms with Crippen molar-refractivity contribution in [2.24, 2.45) is 7.05 Å². The number of carbonyl (C=O) groups is 1. The van der Waals surface area contributed by atoms with Gasteiger partial charge in [0.2, 0.25) is 0 Å². The lowest BCUT2D eigenvalue weighted by atomic mass is 10.1. The van der Waals surface area contributed by atoms with E-state index >= 15 is 0 Å². The number of nitrogens with one attached hydrogen (secondary N) is 1. The van der Waals surface area contributed by atoms with Crippen molar-refractivity contribution in [3.8, 4) is 0 Å². The SMILES string of the molecule is CCOC(=O)c1cnn(C)c1CN[C@H](C)c1ccccc1. The van der Waals surface area contributed by atoms with Gasteiger partial charge in [0.1, 0.15) is 5.56 Å². The summed E-state index contributed by atoms with van der Waals surface area (Å²) >= 11 is 0. The van der Waals surface area contributed by atoms with Gasteiger partial charge >= 0.3 is 5.97 Å². The molecule has 0 saturated carbocycles. The lowest BCUT2D eigenvalue weighted by molar-refractivity contribution is 0.0524. The molecule has 1 heterocycles. The molecule has 0 aliphatic carbocycles. The van der Waals surface area contributed by atoms with E-state index in [4.69, 9.17) is 4.74 Å². The Balaban J connectivity index is 2.06. The molecule has 1 aromatic carbocycles.